The van der Waals surface area contributed by atoms with Crippen LogP contribution in [-0.4, -0.2) is 0 Å². The molecule has 8 aliphatic rings. The molecule has 74 heavy (non-hydrogen) atoms. The Labute approximate surface area is 441 Å². The highest BCUT2D eigenvalue weighted by atomic mass is 14.7. The summed E-state index contributed by atoms with van der Waals surface area (Å²) >= 11 is 0. The van der Waals surface area contributed by atoms with Gasteiger partial charge in [-0.15, -0.1) is 0 Å². The lowest BCUT2D eigenvalue weighted by atomic mass is 9.33. The second-order valence-corrected chi connectivity index (χ2v) is 26.0. The summed E-state index contributed by atoms with van der Waals surface area (Å²) in [6, 6.07) is 66.3. The third-order valence-electron chi connectivity index (χ3n) is 19.0. The van der Waals surface area contributed by atoms with E-state index in [4.69, 9.17) is 0 Å². The van der Waals surface area contributed by atoms with Crippen LogP contribution in [-0.2, 0) is 21.7 Å². The van der Waals surface area contributed by atoms with Crippen molar-refractivity contribution in [3.8, 4) is 47.4 Å². The molecule has 0 aliphatic heterocycles. The molecular weight excluding hydrogens is 889 g/mol. The monoisotopic (exact) mass is 955 g/mol. The first-order chi connectivity index (χ1) is 35.7. The van der Waals surface area contributed by atoms with Crippen LogP contribution in [0.3, 0.4) is 0 Å². The van der Waals surface area contributed by atoms with Crippen LogP contribution in [0.1, 0.15) is 172 Å². The standard InChI is InChI=1S/C74H66/c1-67-43-68(2)46-71(45-67,53-73(49-67,50-68)65-39-31-59(27-25-55-17-9-5-10-18-55)41-61(65)33-29-57-21-13-7-14-22-57)63-35-37-64(38-36-63)72-47-69(3)44-70(4,48-72)52-74(51-69,54-72)66-40-32-60(28-26-56-19-11-6-12-20-56)42-62(66)34-30-58-23-15-8-16-24-58/h5-24,31-32,35-42H,43-54H2,1-4H3. The Morgan fingerprint density at radius 2 is 0.514 bits per heavy atom. The van der Waals surface area contributed by atoms with E-state index in [0.717, 1.165) is 44.5 Å². The summed E-state index contributed by atoms with van der Waals surface area (Å²) in [7, 11) is 0. The largest absolute Gasteiger partial charge is 0.0622 e. The van der Waals surface area contributed by atoms with E-state index in [1.165, 1.54) is 88.2 Å². The molecule has 0 heteroatoms. The predicted molar refractivity (Wildman–Crippen MR) is 304 cm³/mol. The van der Waals surface area contributed by atoms with Crippen molar-refractivity contribution in [2.75, 3.05) is 0 Å². The second-order valence-electron chi connectivity index (χ2n) is 26.0. The molecule has 362 valence electrons. The van der Waals surface area contributed by atoms with Gasteiger partial charge in [-0.2, -0.15) is 0 Å². The zero-order valence-electron chi connectivity index (χ0n) is 43.8. The predicted octanol–water partition coefficient (Wildman–Crippen LogP) is 16.4. The average Bonchev–Trinajstić information content (AvgIpc) is 3.38. The molecular formula is C74H66. The van der Waals surface area contributed by atoms with Crippen LogP contribution in [0, 0.1) is 69.0 Å². The van der Waals surface area contributed by atoms with Gasteiger partial charge >= 0.3 is 0 Å². The molecule has 7 aromatic rings. The molecule has 15 rings (SSSR count). The Morgan fingerprint density at radius 3 is 0.824 bits per heavy atom. The van der Waals surface area contributed by atoms with Crippen molar-refractivity contribution in [3.05, 3.63) is 249 Å². The smallest absolute Gasteiger partial charge is 0.0299 e. The van der Waals surface area contributed by atoms with Crippen molar-refractivity contribution >= 4 is 0 Å². The van der Waals surface area contributed by atoms with Gasteiger partial charge in [0.15, 0.2) is 0 Å². The van der Waals surface area contributed by atoms with Gasteiger partial charge in [-0.05, 0) is 215 Å². The quantitative estimate of drug-likeness (QED) is 0.154. The lowest BCUT2D eigenvalue weighted by molar-refractivity contribution is -0.128. The van der Waals surface area contributed by atoms with Gasteiger partial charge in [0, 0.05) is 44.5 Å². The minimum atomic E-state index is 0.0301. The van der Waals surface area contributed by atoms with Crippen LogP contribution in [0.15, 0.2) is 182 Å². The Morgan fingerprint density at radius 1 is 0.243 bits per heavy atom. The van der Waals surface area contributed by atoms with Crippen LogP contribution < -0.4 is 0 Å². The zero-order chi connectivity index (χ0) is 50.3. The Kier molecular flexibility index (Phi) is 10.8. The highest BCUT2D eigenvalue weighted by Crippen LogP contribution is 2.76. The van der Waals surface area contributed by atoms with Gasteiger partial charge in [-0.25, -0.2) is 0 Å². The van der Waals surface area contributed by atoms with Gasteiger partial charge in [-0.3, -0.25) is 0 Å². The molecule has 0 spiro atoms. The second kappa shape index (κ2) is 17.2. The topological polar surface area (TPSA) is 0 Å². The maximum atomic E-state index is 3.76. The lowest BCUT2D eigenvalue weighted by Crippen LogP contribution is -2.63. The first kappa shape index (κ1) is 46.6. The molecule has 0 aromatic heterocycles. The van der Waals surface area contributed by atoms with E-state index >= 15 is 0 Å². The van der Waals surface area contributed by atoms with Crippen molar-refractivity contribution in [1.82, 2.24) is 0 Å². The summed E-state index contributed by atoms with van der Waals surface area (Å²) in [5.74, 6) is 28.6. The molecule has 8 bridgehead atoms. The van der Waals surface area contributed by atoms with Crippen molar-refractivity contribution in [3.63, 3.8) is 0 Å². The van der Waals surface area contributed by atoms with Crippen LogP contribution in [0.25, 0.3) is 0 Å². The SMILES string of the molecule is CC12CC3(C)CC(c4ccc(C56CC7(C)CC(C)(C5)CC(c5ccc(C#Cc8ccccc8)cc5C#Cc5ccccc5)(C7)C6)cc4)(C1)CC(c1ccc(C#Cc4ccccc4)cc1C#Cc1ccccc1)(C2)C3. The van der Waals surface area contributed by atoms with E-state index in [-0.39, 0.29) is 43.3 Å². The van der Waals surface area contributed by atoms with Crippen LogP contribution in [0.5, 0.6) is 0 Å². The van der Waals surface area contributed by atoms with E-state index in [1.54, 1.807) is 11.1 Å². The summed E-state index contributed by atoms with van der Waals surface area (Å²) in [5, 5.41) is 0. The van der Waals surface area contributed by atoms with Gasteiger partial charge in [0.25, 0.3) is 0 Å². The molecule has 0 amide bonds. The number of hydrogen-bond donors (Lipinski definition) is 0. The Hall–Kier alpha value is -7.22. The molecule has 8 saturated carbocycles. The summed E-state index contributed by atoms with van der Waals surface area (Å²) in [4.78, 5) is 0. The van der Waals surface area contributed by atoms with E-state index in [0.29, 0.717) is 0 Å². The van der Waals surface area contributed by atoms with Gasteiger partial charge in [0.2, 0.25) is 0 Å². The fraction of sp³-hybridized carbons (Fsp3) is 0.324. The minimum Gasteiger partial charge on any atom is -0.0622 e. The summed E-state index contributed by atoms with van der Waals surface area (Å²) in [6.45, 7) is 10.5. The lowest BCUT2D eigenvalue weighted by Gasteiger charge is -2.70. The van der Waals surface area contributed by atoms with Crippen molar-refractivity contribution in [2.24, 2.45) is 21.7 Å². The zero-order valence-corrected chi connectivity index (χ0v) is 43.8. The van der Waals surface area contributed by atoms with E-state index in [2.05, 4.69) is 245 Å². The average molecular weight is 955 g/mol. The van der Waals surface area contributed by atoms with Crippen molar-refractivity contribution in [2.45, 2.75) is 126 Å². The summed E-state index contributed by atoms with van der Waals surface area (Å²) < 4.78 is 0. The molecule has 0 N–H and O–H groups in total. The first-order valence-electron chi connectivity index (χ1n) is 27.4. The maximum Gasteiger partial charge on any atom is 0.0299 e. The van der Waals surface area contributed by atoms with Gasteiger partial charge < -0.3 is 0 Å². The number of hydrogen-bond acceptors (Lipinski definition) is 0. The summed E-state index contributed by atoms with van der Waals surface area (Å²) in [5.41, 5.74) is 15.8. The molecule has 8 aliphatic carbocycles. The molecule has 0 nitrogen and oxygen atoms in total. The Balaban J connectivity index is 0.868. The molecule has 0 heterocycles. The number of rotatable bonds is 4. The maximum absolute atomic E-state index is 3.76. The van der Waals surface area contributed by atoms with Crippen LogP contribution in [0.4, 0.5) is 0 Å². The van der Waals surface area contributed by atoms with Crippen LogP contribution >= 0.6 is 0 Å². The highest BCUT2D eigenvalue weighted by Gasteiger charge is 2.68. The fourth-order valence-corrected chi connectivity index (χ4v) is 18.8. The third-order valence-corrected chi connectivity index (χ3v) is 19.0. The Bertz CT molecular complexity index is 3310. The number of benzene rings is 7. The highest BCUT2D eigenvalue weighted by molar-refractivity contribution is 5.58. The van der Waals surface area contributed by atoms with E-state index in [9.17, 15) is 0 Å². The van der Waals surface area contributed by atoms with E-state index < -0.39 is 0 Å². The summed E-state index contributed by atoms with van der Waals surface area (Å²) in [6.07, 6.45) is 14.8. The normalized spacial score (nSPS) is 31.4. The van der Waals surface area contributed by atoms with Crippen LogP contribution in [0.2, 0.25) is 0 Å². The third kappa shape index (κ3) is 8.43. The van der Waals surface area contributed by atoms with Gasteiger partial charge in [0.05, 0.1) is 0 Å². The van der Waals surface area contributed by atoms with Gasteiger partial charge in [-0.1, -0.05) is 184 Å². The molecule has 7 aromatic carbocycles. The van der Waals surface area contributed by atoms with Crippen molar-refractivity contribution < 1.29 is 0 Å². The molecule has 0 radical (unpaired) electrons. The minimum absolute atomic E-state index is 0.0301. The van der Waals surface area contributed by atoms with Crippen molar-refractivity contribution in [1.29, 1.82) is 0 Å². The van der Waals surface area contributed by atoms with E-state index in [1.807, 2.05) is 12.1 Å². The first-order valence-corrected chi connectivity index (χ1v) is 27.4. The molecule has 0 saturated heterocycles. The fourth-order valence-electron chi connectivity index (χ4n) is 18.8. The molecule has 4 atom stereocenters. The molecule has 8 fully saturated rings. The molecule has 4 unspecified atom stereocenters. The van der Waals surface area contributed by atoms with Gasteiger partial charge in [0.1, 0.15) is 0 Å².